The van der Waals surface area contributed by atoms with Crippen molar-refractivity contribution in [3.63, 3.8) is 0 Å². The molecule has 2 saturated heterocycles. The summed E-state index contributed by atoms with van der Waals surface area (Å²) < 4.78 is 0. The van der Waals surface area contributed by atoms with E-state index in [9.17, 15) is 14.4 Å². The standard InChI is InChI=1S/C27H29Cl2N5O3/c1-3-8-23-26(36)31(16-20-11-12-21(28)22(29)14-20)17-24-33(23)25(35)18-32(13-4-2)34(24)27(37)30-15-19-9-6-5-7-10-19/h2,5-7,9-12,14,23-24H,3,8,13,15-18H2,1H3,(H,30,37)/t23-,24-/m0/s1. The van der Waals surface area contributed by atoms with Crippen molar-refractivity contribution in [3.8, 4) is 12.3 Å². The monoisotopic (exact) mass is 541 g/mol. The van der Waals surface area contributed by atoms with Gasteiger partial charge in [0.1, 0.15) is 12.2 Å². The van der Waals surface area contributed by atoms with Crippen molar-refractivity contribution in [3.05, 3.63) is 69.7 Å². The van der Waals surface area contributed by atoms with Crippen LogP contribution in [0.25, 0.3) is 0 Å². The lowest BCUT2D eigenvalue weighted by molar-refractivity contribution is -0.189. The second-order valence-corrected chi connectivity index (χ2v) is 9.88. The number of carbonyl (C=O) groups excluding carboxylic acids is 3. The van der Waals surface area contributed by atoms with Crippen LogP contribution < -0.4 is 5.32 Å². The highest BCUT2D eigenvalue weighted by Gasteiger charge is 2.50. The average molecular weight is 542 g/mol. The zero-order valence-corrected chi connectivity index (χ0v) is 22.1. The summed E-state index contributed by atoms with van der Waals surface area (Å²) in [6.45, 7) is 2.66. The quantitative estimate of drug-likeness (QED) is 0.542. The first kappa shape index (κ1) is 26.8. The van der Waals surface area contributed by atoms with E-state index in [1.807, 2.05) is 43.3 Å². The lowest BCUT2D eigenvalue weighted by Gasteiger charge is -2.55. The third-order valence-electron chi connectivity index (χ3n) is 6.52. The molecule has 0 radical (unpaired) electrons. The van der Waals surface area contributed by atoms with Crippen LogP contribution in [0.2, 0.25) is 10.0 Å². The van der Waals surface area contributed by atoms with Crippen molar-refractivity contribution in [1.82, 2.24) is 25.1 Å². The molecule has 8 nitrogen and oxygen atoms in total. The second-order valence-electron chi connectivity index (χ2n) is 9.07. The Balaban J connectivity index is 1.65. The number of hydrogen-bond donors (Lipinski definition) is 1. The molecule has 10 heteroatoms. The molecular weight excluding hydrogens is 513 g/mol. The highest BCUT2D eigenvalue weighted by atomic mass is 35.5. The number of fused-ring (bicyclic) bond motifs is 1. The van der Waals surface area contributed by atoms with Gasteiger partial charge in [-0.25, -0.2) is 9.80 Å². The van der Waals surface area contributed by atoms with Crippen LogP contribution in [0.3, 0.4) is 0 Å². The average Bonchev–Trinajstić information content (AvgIpc) is 2.88. The first-order valence-electron chi connectivity index (χ1n) is 12.2. The molecule has 2 heterocycles. The zero-order valence-electron chi connectivity index (χ0n) is 20.6. The Morgan fingerprint density at radius 3 is 2.54 bits per heavy atom. The molecule has 2 aliphatic rings. The lowest BCUT2D eigenvalue weighted by Crippen LogP contribution is -2.76. The minimum Gasteiger partial charge on any atom is -0.333 e. The maximum Gasteiger partial charge on any atom is 0.334 e. The Kier molecular flexibility index (Phi) is 8.59. The minimum atomic E-state index is -0.706. The predicted octanol–water partition coefficient (Wildman–Crippen LogP) is 3.73. The Bertz CT molecular complexity index is 1200. The summed E-state index contributed by atoms with van der Waals surface area (Å²) in [5, 5.41) is 6.83. The van der Waals surface area contributed by atoms with Crippen LogP contribution in [-0.2, 0) is 22.7 Å². The molecule has 2 fully saturated rings. The smallest absolute Gasteiger partial charge is 0.333 e. The Labute approximate surface area is 227 Å². The van der Waals surface area contributed by atoms with Crippen LogP contribution in [0.1, 0.15) is 30.9 Å². The third kappa shape index (κ3) is 5.85. The first-order valence-corrected chi connectivity index (χ1v) is 12.9. The number of amides is 4. The van der Waals surface area contributed by atoms with Gasteiger partial charge in [0.2, 0.25) is 11.8 Å². The molecule has 194 valence electrons. The molecular formula is C27H29Cl2N5O3. The fourth-order valence-electron chi connectivity index (χ4n) is 4.84. The summed E-state index contributed by atoms with van der Waals surface area (Å²) in [5.41, 5.74) is 1.74. The van der Waals surface area contributed by atoms with Gasteiger partial charge < -0.3 is 15.1 Å². The lowest BCUT2D eigenvalue weighted by atomic mass is 10.0. The fraction of sp³-hybridized carbons (Fsp3) is 0.370. The second kappa shape index (κ2) is 11.9. The molecule has 0 spiro atoms. The largest absolute Gasteiger partial charge is 0.334 e. The number of terminal acetylenes is 1. The van der Waals surface area contributed by atoms with Crippen molar-refractivity contribution in [2.24, 2.45) is 0 Å². The number of piperazine rings is 1. The summed E-state index contributed by atoms with van der Waals surface area (Å²) in [5.74, 6) is 2.16. The summed E-state index contributed by atoms with van der Waals surface area (Å²) >= 11 is 12.3. The normalized spacial score (nSPS) is 20.0. The van der Waals surface area contributed by atoms with E-state index in [4.69, 9.17) is 29.6 Å². The van der Waals surface area contributed by atoms with Crippen LogP contribution in [0.4, 0.5) is 4.79 Å². The molecule has 2 aromatic rings. The van der Waals surface area contributed by atoms with Gasteiger partial charge in [0.05, 0.1) is 29.7 Å². The first-order chi connectivity index (χ1) is 17.8. The van der Waals surface area contributed by atoms with Crippen molar-refractivity contribution in [2.75, 3.05) is 19.6 Å². The van der Waals surface area contributed by atoms with Gasteiger partial charge in [-0.1, -0.05) is 78.9 Å². The number of urea groups is 1. The van der Waals surface area contributed by atoms with Crippen molar-refractivity contribution >= 4 is 41.0 Å². The van der Waals surface area contributed by atoms with Crippen LogP contribution in [-0.4, -0.2) is 69.5 Å². The number of rotatable bonds is 7. The van der Waals surface area contributed by atoms with Gasteiger partial charge >= 0.3 is 6.03 Å². The molecule has 2 aliphatic heterocycles. The Morgan fingerprint density at radius 1 is 1.11 bits per heavy atom. The molecule has 2 aromatic carbocycles. The molecule has 0 saturated carbocycles. The molecule has 2 atom stereocenters. The molecule has 4 rings (SSSR count). The Morgan fingerprint density at radius 2 is 1.86 bits per heavy atom. The van der Waals surface area contributed by atoms with E-state index in [1.54, 1.807) is 26.9 Å². The summed E-state index contributed by atoms with van der Waals surface area (Å²) in [6.07, 6.45) is 6.06. The molecule has 1 N–H and O–H groups in total. The van der Waals surface area contributed by atoms with Crippen molar-refractivity contribution in [2.45, 2.75) is 45.1 Å². The number of hydrazine groups is 1. The number of benzene rings is 2. The summed E-state index contributed by atoms with van der Waals surface area (Å²) in [6, 6.07) is 13.7. The van der Waals surface area contributed by atoms with Crippen LogP contribution in [0, 0.1) is 12.3 Å². The van der Waals surface area contributed by atoms with Gasteiger partial charge in [-0.2, -0.15) is 5.01 Å². The maximum absolute atomic E-state index is 13.6. The van der Waals surface area contributed by atoms with Gasteiger partial charge in [-0.05, 0) is 29.7 Å². The van der Waals surface area contributed by atoms with E-state index in [0.29, 0.717) is 29.4 Å². The van der Waals surface area contributed by atoms with Gasteiger partial charge in [0.25, 0.3) is 0 Å². The zero-order chi connectivity index (χ0) is 26.5. The number of nitrogens with zero attached hydrogens (tertiary/aromatic N) is 4. The van der Waals surface area contributed by atoms with Gasteiger partial charge in [0.15, 0.2) is 0 Å². The Hall–Kier alpha value is -3.25. The van der Waals surface area contributed by atoms with Crippen LogP contribution >= 0.6 is 23.2 Å². The number of nitrogens with one attached hydrogen (secondary N) is 1. The van der Waals surface area contributed by atoms with Gasteiger partial charge in [-0.3, -0.25) is 9.59 Å². The molecule has 0 bridgehead atoms. The maximum atomic E-state index is 13.6. The molecule has 37 heavy (non-hydrogen) atoms. The topological polar surface area (TPSA) is 76.2 Å². The number of carbonyl (C=O) groups is 3. The fourth-order valence-corrected chi connectivity index (χ4v) is 5.16. The molecule has 4 amide bonds. The van der Waals surface area contributed by atoms with E-state index < -0.39 is 12.2 Å². The molecule has 0 aromatic heterocycles. The summed E-state index contributed by atoms with van der Waals surface area (Å²) in [7, 11) is 0. The van der Waals surface area contributed by atoms with E-state index >= 15 is 0 Å². The summed E-state index contributed by atoms with van der Waals surface area (Å²) in [4.78, 5) is 43.6. The minimum absolute atomic E-state index is 0.0774. The SMILES string of the molecule is C#CCN1CC(=O)N2[C@@H](CCC)C(=O)N(Cc3ccc(Cl)c(Cl)c3)C[C@@H]2N1C(=O)NCc1ccccc1. The number of halogens is 2. The molecule has 0 aliphatic carbocycles. The highest BCUT2D eigenvalue weighted by Crippen LogP contribution is 2.30. The van der Waals surface area contributed by atoms with E-state index in [0.717, 1.165) is 11.1 Å². The van der Waals surface area contributed by atoms with Crippen LogP contribution in [0.5, 0.6) is 0 Å². The number of hydrogen-bond acceptors (Lipinski definition) is 4. The van der Waals surface area contributed by atoms with Gasteiger partial charge in [-0.15, -0.1) is 6.42 Å². The highest BCUT2D eigenvalue weighted by molar-refractivity contribution is 6.42. The van der Waals surface area contributed by atoms with Crippen molar-refractivity contribution < 1.29 is 14.4 Å². The van der Waals surface area contributed by atoms with Crippen molar-refractivity contribution in [1.29, 1.82) is 0 Å². The third-order valence-corrected chi connectivity index (χ3v) is 7.26. The molecule has 0 unspecified atom stereocenters. The van der Waals surface area contributed by atoms with E-state index in [1.165, 1.54) is 5.01 Å². The predicted molar refractivity (Wildman–Crippen MR) is 142 cm³/mol. The van der Waals surface area contributed by atoms with E-state index in [-0.39, 0.29) is 44.0 Å². The van der Waals surface area contributed by atoms with Gasteiger partial charge in [0, 0.05) is 13.1 Å². The van der Waals surface area contributed by atoms with E-state index in [2.05, 4.69) is 11.2 Å². The van der Waals surface area contributed by atoms with Crippen LogP contribution in [0.15, 0.2) is 48.5 Å².